The molecule has 0 amide bonds. The summed E-state index contributed by atoms with van der Waals surface area (Å²) in [7, 11) is 0. The number of hydrogen-bond donors (Lipinski definition) is 2. The van der Waals surface area contributed by atoms with Gasteiger partial charge in [-0.25, -0.2) is 0 Å². The van der Waals surface area contributed by atoms with Crippen LogP contribution in [0.5, 0.6) is 0 Å². The largest absolute Gasteiger partial charge is 0.481 e. The number of rotatable bonds is 8. The summed E-state index contributed by atoms with van der Waals surface area (Å²) in [6.07, 6.45) is -1.43. The summed E-state index contributed by atoms with van der Waals surface area (Å²) >= 11 is 0. The first-order chi connectivity index (χ1) is 14.8. The van der Waals surface area contributed by atoms with Crippen LogP contribution in [-0.4, -0.2) is 70.4 Å². The third-order valence-corrected chi connectivity index (χ3v) is 2.33. The minimum Gasteiger partial charge on any atom is -0.481 e. The van der Waals surface area contributed by atoms with Crippen LogP contribution in [0, 0.1) is 0 Å². The Bertz CT molecular complexity index is 597. The molecule has 0 atom stereocenters. The maximum Gasteiger partial charge on any atom is 0.317 e. The fourth-order valence-corrected chi connectivity index (χ4v) is 1.54. The second-order valence-corrected chi connectivity index (χ2v) is 8.10. The molecule has 0 heterocycles. The zero-order chi connectivity index (χ0) is 26.8. The van der Waals surface area contributed by atoms with Gasteiger partial charge in [-0.1, -0.05) is 0 Å². The summed E-state index contributed by atoms with van der Waals surface area (Å²) in [5, 5.41) is 15.4. The van der Waals surface area contributed by atoms with Crippen LogP contribution in [0.25, 0.3) is 0 Å². The van der Waals surface area contributed by atoms with Gasteiger partial charge in [0.15, 0.2) is 0 Å². The number of carboxylic acids is 2. The molecule has 0 unspecified atom stereocenters. The highest BCUT2D eigenvalue weighted by Gasteiger charge is 2.20. The highest BCUT2D eigenvalue weighted by atomic mass is 16.6. The van der Waals surface area contributed by atoms with Crippen molar-refractivity contribution in [2.75, 3.05) is 13.2 Å². The summed E-state index contributed by atoms with van der Waals surface area (Å²) in [5.74, 6) is -4.81. The van der Waals surface area contributed by atoms with Gasteiger partial charge < -0.3 is 29.2 Å². The minimum absolute atomic E-state index is 0.279. The number of carbonyl (C=O) groups excluding carboxylic acids is 4. The van der Waals surface area contributed by atoms with E-state index >= 15 is 0 Å². The molecule has 0 saturated heterocycles. The molecule has 0 rings (SSSR count). The van der Waals surface area contributed by atoms with Crippen molar-refractivity contribution in [3.8, 4) is 0 Å². The van der Waals surface area contributed by atoms with Gasteiger partial charge in [-0.3, -0.25) is 28.8 Å². The van der Waals surface area contributed by atoms with Gasteiger partial charge in [-0.2, -0.15) is 0 Å². The van der Waals surface area contributed by atoms with E-state index in [1.807, 2.05) is 0 Å². The summed E-state index contributed by atoms with van der Waals surface area (Å²) in [6, 6.07) is 0. The molecular weight excluding hydrogens is 444 g/mol. The quantitative estimate of drug-likeness (QED) is 0.294. The molecule has 0 aromatic rings. The predicted octanol–water partition coefficient (Wildman–Crippen LogP) is 2.11. The van der Waals surface area contributed by atoms with E-state index in [2.05, 4.69) is 9.47 Å². The Morgan fingerprint density at radius 3 is 0.970 bits per heavy atom. The Hall–Kier alpha value is -3.18. The molecule has 0 aliphatic carbocycles. The summed E-state index contributed by atoms with van der Waals surface area (Å²) in [6.45, 7) is 14.4. The molecule has 0 fully saturated rings. The average Bonchev–Trinajstić information content (AvgIpc) is 2.50. The maximum absolute atomic E-state index is 11.0. The molecule has 0 aliphatic rings. The lowest BCUT2D eigenvalue weighted by Crippen LogP contribution is -2.25. The Labute approximate surface area is 193 Å². The van der Waals surface area contributed by atoms with E-state index in [0.717, 1.165) is 0 Å². The lowest BCUT2D eigenvalue weighted by molar-refractivity contribution is -0.163. The van der Waals surface area contributed by atoms with Crippen molar-refractivity contribution in [1.82, 2.24) is 0 Å². The third-order valence-electron chi connectivity index (χ3n) is 2.33. The molecule has 2 N–H and O–H groups in total. The van der Waals surface area contributed by atoms with Gasteiger partial charge in [-0.05, 0) is 55.4 Å². The standard InChI is InChI=1S/2C9H16O4.C3H4O4/c2*1-5-12-7(10)6-8(11)13-9(2,3)4;4-2(5)1-3(6)7/h2*5-6H2,1-4H3;1H2,(H,4,5)(H,6,7). The molecule has 0 aromatic carbocycles. The molecule has 0 aliphatic heterocycles. The van der Waals surface area contributed by atoms with Crippen molar-refractivity contribution in [1.29, 1.82) is 0 Å². The zero-order valence-electron chi connectivity index (χ0n) is 20.5. The van der Waals surface area contributed by atoms with Crippen molar-refractivity contribution < 1.29 is 57.9 Å². The first kappa shape index (κ1) is 34.4. The van der Waals surface area contributed by atoms with Crippen LogP contribution >= 0.6 is 0 Å². The zero-order valence-corrected chi connectivity index (χ0v) is 20.5. The highest BCUT2D eigenvalue weighted by molar-refractivity contribution is 5.91. The predicted molar refractivity (Wildman–Crippen MR) is 114 cm³/mol. The van der Waals surface area contributed by atoms with Crippen LogP contribution in [0.4, 0.5) is 0 Å². The number of hydrogen-bond acceptors (Lipinski definition) is 10. The van der Waals surface area contributed by atoms with E-state index in [1.54, 1.807) is 55.4 Å². The van der Waals surface area contributed by atoms with E-state index in [-0.39, 0.29) is 26.1 Å². The van der Waals surface area contributed by atoms with Gasteiger partial charge >= 0.3 is 35.8 Å². The van der Waals surface area contributed by atoms with Gasteiger partial charge in [0.05, 0.1) is 13.2 Å². The summed E-state index contributed by atoms with van der Waals surface area (Å²) in [5.41, 5.74) is -1.10. The van der Waals surface area contributed by atoms with E-state index in [4.69, 9.17) is 19.7 Å². The van der Waals surface area contributed by atoms with Crippen molar-refractivity contribution >= 4 is 35.8 Å². The van der Waals surface area contributed by atoms with E-state index in [1.165, 1.54) is 0 Å². The fourth-order valence-electron chi connectivity index (χ4n) is 1.54. The van der Waals surface area contributed by atoms with E-state index in [0.29, 0.717) is 0 Å². The second-order valence-electron chi connectivity index (χ2n) is 8.10. The van der Waals surface area contributed by atoms with Gasteiger partial charge in [0.1, 0.15) is 30.5 Å². The van der Waals surface area contributed by atoms with Crippen molar-refractivity contribution in [3.63, 3.8) is 0 Å². The number of esters is 4. The lowest BCUT2D eigenvalue weighted by Gasteiger charge is -2.18. The molecule has 192 valence electrons. The van der Waals surface area contributed by atoms with E-state index < -0.39 is 53.4 Å². The van der Waals surface area contributed by atoms with Crippen LogP contribution in [0.15, 0.2) is 0 Å². The molecular formula is C21H36O12. The van der Waals surface area contributed by atoms with Crippen LogP contribution < -0.4 is 0 Å². The van der Waals surface area contributed by atoms with Crippen LogP contribution in [0.3, 0.4) is 0 Å². The monoisotopic (exact) mass is 480 g/mol. The molecule has 0 saturated carbocycles. The molecule has 0 bridgehead atoms. The molecule has 0 aromatic heterocycles. The maximum atomic E-state index is 11.0. The number of carboxylic acid groups (broad SMARTS) is 2. The first-order valence-electron chi connectivity index (χ1n) is 10.0. The SMILES string of the molecule is CCOC(=O)CC(=O)OC(C)(C)C.CCOC(=O)CC(=O)OC(C)(C)C.O=C(O)CC(=O)O. The Morgan fingerprint density at radius 1 is 0.545 bits per heavy atom. The molecule has 0 radical (unpaired) electrons. The van der Waals surface area contributed by atoms with Crippen molar-refractivity contribution in [2.24, 2.45) is 0 Å². The second kappa shape index (κ2) is 17.4. The Kier molecular flexibility index (Phi) is 18.1. The normalized spacial score (nSPS) is 10.2. The molecule has 33 heavy (non-hydrogen) atoms. The first-order valence-corrected chi connectivity index (χ1v) is 10.0. The van der Waals surface area contributed by atoms with Crippen molar-refractivity contribution in [2.45, 2.75) is 85.9 Å². The minimum atomic E-state index is -1.31. The summed E-state index contributed by atoms with van der Waals surface area (Å²) < 4.78 is 19.0. The van der Waals surface area contributed by atoms with Crippen LogP contribution in [-0.2, 0) is 47.7 Å². The summed E-state index contributed by atoms with van der Waals surface area (Å²) in [4.78, 5) is 62.5. The number of aliphatic carboxylic acids is 2. The Morgan fingerprint density at radius 2 is 0.818 bits per heavy atom. The van der Waals surface area contributed by atoms with Gasteiger partial charge in [0.2, 0.25) is 0 Å². The smallest absolute Gasteiger partial charge is 0.317 e. The van der Waals surface area contributed by atoms with Crippen LogP contribution in [0.2, 0.25) is 0 Å². The van der Waals surface area contributed by atoms with Crippen molar-refractivity contribution in [3.05, 3.63) is 0 Å². The lowest BCUT2D eigenvalue weighted by atomic mass is 10.2. The topological polar surface area (TPSA) is 180 Å². The molecule has 0 spiro atoms. The third kappa shape index (κ3) is 33.7. The average molecular weight is 481 g/mol. The van der Waals surface area contributed by atoms with Gasteiger partial charge in [0.25, 0.3) is 0 Å². The number of ether oxygens (including phenoxy) is 4. The number of carbonyl (C=O) groups is 6. The fraction of sp³-hybridized carbons (Fsp3) is 0.714. The van der Waals surface area contributed by atoms with Gasteiger partial charge in [0, 0.05) is 0 Å². The van der Waals surface area contributed by atoms with Crippen LogP contribution in [0.1, 0.15) is 74.7 Å². The van der Waals surface area contributed by atoms with Gasteiger partial charge in [-0.15, -0.1) is 0 Å². The molecule has 12 nitrogen and oxygen atoms in total. The highest BCUT2D eigenvalue weighted by Crippen LogP contribution is 2.09. The Balaban J connectivity index is -0.000000429. The van der Waals surface area contributed by atoms with E-state index in [9.17, 15) is 28.8 Å². The molecule has 12 heteroatoms.